The first-order valence-corrected chi connectivity index (χ1v) is 6.37. The molecule has 0 spiro atoms. The molecule has 1 rings (SSSR count). The predicted octanol–water partition coefficient (Wildman–Crippen LogP) is 2.27. The number of nitrogens with zero attached hydrogens (tertiary/aromatic N) is 1. The van der Waals surface area contributed by atoms with Crippen LogP contribution in [0.5, 0.6) is 0 Å². The summed E-state index contributed by atoms with van der Waals surface area (Å²) in [5, 5.41) is 3.49. The molecule has 0 amide bonds. The molecule has 2 heteroatoms. The van der Waals surface area contributed by atoms with E-state index in [2.05, 4.69) is 36.2 Å². The van der Waals surface area contributed by atoms with Crippen LogP contribution in [0.15, 0.2) is 12.2 Å². The summed E-state index contributed by atoms with van der Waals surface area (Å²) in [6, 6.07) is 0. The predicted molar refractivity (Wildman–Crippen MR) is 67.1 cm³/mol. The van der Waals surface area contributed by atoms with Crippen LogP contribution in [-0.4, -0.2) is 37.6 Å². The monoisotopic (exact) mass is 210 g/mol. The van der Waals surface area contributed by atoms with Gasteiger partial charge in [0.15, 0.2) is 0 Å². The highest BCUT2D eigenvalue weighted by molar-refractivity contribution is 4.90. The van der Waals surface area contributed by atoms with Gasteiger partial charge in [-0.25, -0.2) is 0 Å². The largest absolute Gasteiger partial charge is 0.316 e. The molecule has 0 atom stereocenters. The van der Waals surface area contributed by atoms with Crippen LogP contribution in [0.25, 0.3) is 0 Å². The molecule has 88 valence electrons. The summed E-state index contributed by atoms with van der Waals surface area (Å²) < 4.78 is 0. The van der Waals surface area contributed by atoms with Crippen LogP contribution < -0.4 is 5.32 Å². The summed E-state index contributed by atoms with van der Waals surface area (Å²) in [5.41, 5.74) is 0. The summed E-state index contributed by atoms with van der Waals surface area (Å²) in [5.74, 6) is 0.775. The highest BCUT2D eigenvalue weighted by Gasteiger charge is 2.04. The fraction of sp³-hybridized carbons (Fsp3) is 0.846. The van der Waals surface area contributed by atoms with Crippen molar-refractivity contribution in [3.8, 4) is 0 Å². The normalized spacial score (nSPS) is 17.5. The second-order valence-corrected chi connectivity index (χ2v) is 4.87. The maximum atomic E-state index is 3.49. The van der Waals surface area contributed by atoms with Crippen molar-refractivity contribution in [2.75, 3.05) is 32.7 Å². The van der Waals surface area contributed by atoms with Gasteiger partial charge in [-0.2, -0.15) is 0 Å². The fourth-order valence-electron chi connectivity index (χ4n) is 1.87. The maximum absolute atomic E-state index is 3.49. The molecule has 2 nitrogen and oxygen atoms in total. The van der Waals surface area contributed by atoms with Gasteiger partial charge in [0, 0.05) is 13.1 Å². The van der Waals surface area contributed by atoms with Crippen molar-refractivity contribution in [2.24, 2.45) is 5.92 Å². The number of rotatable bonds is 7. The fourth-order valence-corrected chi connectivity index (χ4v) is 1.87. The molecule has 15 heavy (non-hydrogen) atoms. The molecule has 0 aromatic carbocycles. The van der Waals surface area contributed by atoms with Gasteiger partial charge in [0.2, 0.25) is 0 Å². The third-order valence-electron chi connectivity index (χ3n) is 2.77. The summed E-state index contributed by atoms with van der Waals surface area (Å²) in [6.45, 7) is 10.6. The van der Waals surface area contributed by atoms with Gasteiger partial charge in [-0.05, 0) is 44.8 Å². The standard InChI is InChI=1S/C13H26N2/c1-13(2)12-14-8-4-7-11-15-9-5-3-6-10-15/h3,5,13-14H,4,6-12H2,1-2H3. The Morgan fingerprint density at radius 3 is 2.80 bits per heavy atom. The molecule has 1 N–H and O–H groups in total. The Morgan fingerprint density at radius 2 is 2.13 bits per heavy atom. The van der Waals surface area contributed by atoms with E-state index in [-0.39, 0.29) is 0 Å². The van der Waals surface area contributed by atoms with Crippen LogP contribution in [0.4, 0.5) is 0 Å². The van der Waals surface area contributed by atoms with Crippen molar-refractivity contribution in [1.29, 1.82) is 0 Å². The molecule has 0 saturated heterocycles. The summed E-state index contributed by atoms with van der Waals surface area (Å²) in [7, 11) is 0. The lowest BCUT2D eigenvalue weighted by Gasteiger charge is -2.22. The minimum absolute atomic E-state index is 0.775. The van der Waals surface area contributed by atoms with E-state index in [9.17, 15) is 0 Å². The minimum atomic E-state index is 0.775. The van der Waals surface area contributed by atoms with Gasteiger partial charge >= 0.3 is 0 Å². The van der Waals surface area contributed by atoms with Gasteiger partial charge in [0.05, 0.1) is 0 Å². The van der Waals surface area contributed by atoms with Gasteiger partial charge < -0.3 is 5.32 Å². The van der Waals surface area contributed by atoms with Crippen molar-refractivity contribution < 1.29 is 0 Å². The van der Waals surface area contributed by atoms with Crippen molar-refractivity contribution >= 4 is 0 Å². The molecule has 0 unspecified atom stereocenters. The van der Waals surface area contributed by atoms with Crippen molar-refractivity contribution in [3.05, 3.63) is 12.2 Å². The van der Waals surface area contributed by atoms with Gasteiger partial charge in [0.1, 0.15) is 0 Å². The Labute approximate surface area is 94.7 Å². The molecular weight excluding hydrogens is 184 g/mol. The van der Waals surface area contributed by atoms with Crippen molar-refractivity contribution in [2.45, 2.75) is 33.1 Å². The van der Waals surface area contributed by atoms with E-state index in [1.54, 1.807) is 0 Å². The molecule has 0 fully saturated rings. The van der Waals surface area contributed by atoms with E-state index in [0.29, 0.717) is 0 Å². The molecule has 1 aliphatic heterocycles. The lowest BCUT2D eigenvalue weighted by Crippen LogP contribution is -2.29. The second kappa shape index (κ2) is 7.89. The van der Waals surface area contributed by atoms with E-state index >= 15 is 0 Å². The van der Waals surface area contributed by atoms with Gasteiger partial charge in [0.25, 0.3) is 0 Å². The molecule has 1 heterocycles. The molecular formula is C13H26N2. The van der Waals surface area contributed by atoms with Crippen LogP contribution in [0.3, 0.4) is 0 Å². The Balaban J connectivity index is 1.86. The number of hydrogen-bond donors (Lipinski definition) is 1. The zero-order valence-electron chi connectivity index (χ0n) is 10.3. The van der Waals surface area contributed by atoms with Gasteiger partial charge in [-0.1, -0.05) is 26.0 Å². The SMILES string of the molecule is CC(C)CNCCCCN1CC=CCC1. The molecule has 1 aliphatic rings. The molecule has 0 radical (unpaired) electrons. The summed E-state index contributed by atoms with van der Waals surface area (Å²) in [6.07, 6.45) is 8.47. The van der Waals surface area contributed by atoms with Gasteiger partial charge in [-0.15, -0.1) is 0 Å². The number of unbranched alkanes of at least 4 members (excludes halogenated alkanes) is 1. The van der Waals surface area contributed by atoms with E-state index in [1.807, 2.05) is 0 Å². The molecule has 0 aromatic heterocycles. The quantitative estimate of drug-likeness (QED) is 0.512. The van der Waals surface area contributed by atoms with Crippen molar-refractivity contribution in [3.63, 3.8) is 0 Å². The van der Waals surface area contributed by atoms with Crippen LogP contribution in [0.2, 0.25) is 0 Å². The Hall–Kier alpha value is -0.340. The van der Waals surface area contributed by atoms with Crippen molar-refractivity contribution in [1.82, 2.24) is 10.2 Å². The Morgan fingerprint density at radius 1 is 1.27 bits per heavy atom. The third-order valence-corrected chi connectivity index (χ3v) is 2.77. The molecule has 0 aliphatic carbocycles. The Kier molecular flexibility index (Phi) is 6.69. The molecule has 0 bridgehead atoms. The first-order chi connectivity index (χ1) is 7.29. The Bertz CT molecular complexity index is 175. The lowest BCUT2D eigenvalue weighted by molar-refractivity contribution is 0.291. The van der Waals surface area contributed by atoms with Crippen LogP contribution in [0.1, 0.15) is 33.1 Å². The average molecular weight is 210 g/mol. The third kappa shape index (κ3) is 6.69. The lowest BCUT2D eigenvalue weighted by atomic mass is 10.2. The van der Waals surface area contributed by atoms with Crippen LogP contribution >= 0.6 is 0 Å². The van der Waals surface area contributed by atoms with E-state index < -0.39 is 0 Å². The zero-order valence-corrected chi connectivity index (χ0v) is 10.3. The van der Waals surface area contributed by atoms with E-state index in [0.717, 1.165) is 12.5 Å². The molecule has 0 aromatic rings. The highest BCUT2D eigenvalue weighted by atomic mass is 15.1. The maximum Gasteiger partial charge on any atom is 0.0163 e. The topological polar surface area (TPSA) is 15.3 Å². The first-order valence-electron chi connectivity index (χ1n) is 6.37. The van der Waals surface area contributed by atoms with Crippen LogP contribution in [-0.2, 0) is 0 Å². The second-order valence-electron chi connectivity index (χ2n) is 4.87. The average Bonchev–Trinajstić information content (AvgIpc) is 2.24. The summed E-state index contributed by atoms with van der Waals surface area (Å²) >= 11 is 0. The summed E-state index contributed by atoms with van der Waals surface area (Å²) in [4.78, 5) is 2.54. The smallest absolute Gasteiger partial charge is 0.0163 e. The highest BCUT2D eigenvalue weighted by Crippen LogP contribution is 2.02. The number of nitrogens with one attached hydrogen (secondary N) is 1. The molecule has 0 saturated carbocycles. The minimum Gasteiger partial charge on any atom is -0.316 e. The van der Waals surface area contributed by atoms with E-state index in [4.69, 9.17) is 0 Å². The van der Waals surface area contributed by atoms with Crippen LogP contribution in [0, 0.1) is 5.92 Å². The van der Waals surface area contributed by atoms with Gasteiger partial charge in [-0.3, -0.25) is 4.90 Å². The van der Waals surface area contributed by atoms with E-state index in [1.165, 1.54) is 45.4 Å². The number of hydrogen-bond acceptors (Lipinski definition) is 2. The zero-order chi connectivity index (χ0) is 10.9. The first kappa shape index (κ1) is 12.7.